The number of sulfonamides is 1. The molecule has 0 radical (unpaired) electrons. The number of carbonyl (C=O) groups is 1. The van der Waals surface area contributed by atoms with Crippen LogP contribution in [0.2, 0.25) is 0 Å². The maximum absolute atomic E-state index is 12.8. The predicted octanol–water partition coefficient (Wildman–Crippen LogP) is 4.07. The molecule has 0 aliphatic heterocycles. The largest absolute Gasteiger partial charge is 0.322 e. The second kappa shape index (κ2) is 8.37. The van der Waals surface area contributed by atoms with Crippen LogP contribution in [0.1, 0.15) is 21.5 Å². The summed E-state index contributed by atoms with van der Waals surface area (Å²) in [6, 6.07) is 22.8. The van der Waals surface area contributed by atoms with Gasteiger partial charge in [0, 0.05) is 24.8 Å². The van der Waals surface area contributed by atoms with E-state index in [1.165, 1.54) is 28.6 Å². The van der Waals surface area contributed by atoms with Crippen molar-refractivity contribution < 1.29 is 13.2 Å². The standard InChI is InChI=1S/C22H22N2O3S/c1-17-8-6-7-11-21(17)23-22(25)19-12-14-20(15-13-19)28(26,27)24(2)16-18-9-4-3-5-10-18/h3-15H,16H2,1-2H3,(H,23,25). The number of rotatable bonds is 6. The van der Waals surface area contributed by atoms with Gasteiger partial charge in [-0.25, -0.2) is 8.42 Å². The molecule has 0 aliphatic rings. The first-order valence-corrected chi connectivity index (χ1v) is 10.3. The summed E-state index contributed by atoms with van der Waals surface area (Å²) >= 11 is 0. The first kappa shape index (κ1) is 19.8. The third-order valence-electron chi connectivity index (χ3n) is 4.47. The Balaban J connectivity index is 1.74. The third-order valence-corrected chi connectivity index (χ3v) is 6.28. The molecule has 5 nitrogen and oxygen atoms in total. The highest BCUT2D eigenvalue weighted by atomic mass is 32.2. The minimum atomic E-state index is -3.64. The van der Waals surface area contributed by atoms with Crippen molar-refractivity contribution in [3.63, 3.8) is 0 Å². The van der Waals surface area contributed by atoms with E-state index in [4.69, 9.17) is 0 Å². The van der Waals surface area contributed by atoms with Crippen LogP contribution >= 0.6 is 0 Å². The Labute approximate surface area is 165 Å². The molecule has 0 bridgehead atoms. The molecule has 3 rings (SSSR count). The molecule has 0 saturated heterocycles. The molecular formula is C22H22N2O3S. The summed E-state index contributed by atoms with van der Waals surface area (Å²) in [7, 11) is -2.10. The van der Waals surface area contributed by atoms with Crippen LogP contribution < -0.4 is 5.32 Å². The molecule has 0 aliphatic carbocycles. The van der Waals surface area contributed by atoms with Crippen molar-refractivity contribution in [2.75, 3.05) is 12.4 Å². The second-order valence-electron chi connectivity index (χ2n) is 6.54. The summed E-state index contributed by atoms with van der Waals surface area (Å²) in [5.41, 5.74) is 2.99. The lowest BCUT2D eigenvalue weighted by molar-refractivity contribution is 0.102. The van der Waals surface area contributed by atoms with Crippen LogP contribution in [-0.2, 0) is 16.6 Å². The molecule has 0 spiro atoms. The first-order valence-electron chi connectivity index (χ1n) is 8.85. The summed E-state index contributed by atoms with van der Waals surface area (Å²) in [6.45, 7) is 2.19. The van der Waals surface area contributed by atoms with Crippen LogP contribution in [0, 0.1) is 6.92 Å². The Bertz CT molecular complexity index is 1060. The SMILES string of the molecule is Cc1ccccc1NC(=O)c1ccc(S(=O)(=O)N(C)Cc2ccccc2)cc1. The molecule has 0 unspecified atom stereocenters. The van der Waals surface area contributed by atoms with Gasteiger partial charge in [0.2, 0.25) is 10.0 Å². The second-order valence-corrected chi connectivity index (χ2v) is 8.58. The summed E-state index contributed by atoms with van der Waals surface area (Å²) in [5, 5.41) is 2.84. The molecule has 3 aromatic carbocycles. The van der Waals surface area contributed by atoms with Crippen LogP contribution in [0.5, 0.6) is 0 Å². The topological polar surface area (TPSA) is 66.5 Å². The average molecular weight is 394 g/mol. The Kier molecular flexibility index (Phi) is 5.92. The Hall–Kier alpha value is -2.96. The van der Waals surface area contributed by atoms with Crippen molar-refractivity contribution in [2.45, 2.75) is 18.4 Å². The minimum absolute atomic E-state index is 0.151. The van der Waals surface area contributed by atoms with Gasteiger partial charge in [0.05, 0.1) is 4.90 Å². The quantitative estimate of drug-likeness (QED) is 0.685. The molecule has 28 heavy (non-hydrogen) atoms. The van der Waals surface area contributed by atoms with Crippen LogP contribution in [0.3, 0.4) is 0 Å². The van der Waals surface area contributed by atoms with E-state index in [0.717, 1.165) is 16.8 Å². The maximum atomic E-state index is 12.8. The normalized spacial score (nSPS) is 11.4. The molecular weight excluding hydrogens is 372 g/mol. The molecule has 6 heteroatoms. The van der Waals surface area contributed by atoms with Gasteiger partial charge in [-0.1, -0.05) is 48.5 Å². The number of hydrogen-bond donors (Lipinski definition) is 1. The molecule has 1 amide bonds. The summed E-state index contributed by atoms with van der Waals surface area (Å²) in [4.78, 5) is 12.6. The highest BCUT2D eigenvalue weighted by Gasteiger charge is 2.21. The van der Waals surface area contributed by atoms with E-state index < -0.39 is 10.0 Å². The number of amides is 1. The molecule has 0 fully saturated rings. The van der Waals surface area contributed by atoms with Crippen molar-refractivity contribution in [2.24, 2.45) is 0 Å². The predicted molar refractivity (Wildman–Crippen MR) is 111 cm³/mol. The number of aryl methyl sites for hydroxylation is 1. The lowest BCUT2D eigenvalue weighted by Gasteiger charge is -2.17. The van der Waals surface area contributed by atoms with Gasteiger partial charge in [-0.3, -0.25) is 4.79 Å². The van der Waals surface area contributed by atoms with Crippen molar-refractivity contribution in [1.82, 2.24) is 4.31 Å². The minimum Gasteiger partial charge on any atom is -0.322 e. The van der Waals surface area contributed by atoms with E-state index in [1.807, 2.05) is 61.5 Å². The van der Waals surface area contributed by atoms with E-state index in [0.29, 0.717) is 5.56 Å². The number of para-hydroxylation sites is 1. The van der Waals surface area contributed by atoms with Gasteiger partial charge in [0.15, 0.2) is 0 Å². The summed E-state index contributed by atoms with van der Waals surface area (Å²) in [6.07, 6.45) is 0. The molecule has 0 atom stereocenters. The zero-order chi connectivity index (χ0) is 20.1. The number of nitrogens with one attached hydrogen (secondary N) is 1. The van der Waals surface area contributed by atoms with Crippen LogP contribution in [0.25, 0.3) is 0 Å². The van der Waals surface area contributed by atoms with Gasteiger partial charge in [-0.05, 0) is 48.4 Å². The van der Waals surface area contributed by atoms with Gasteiger partial charge in [-0.15, -0.1) is 0 Å². The lowest BCUT2D eigenvalue weighted by Crippen LogP contribution is -2.26. The van der Waals surface area contributed by atoms with Crippen molar-refractivity contribution in [3.8, 4) is 0 Å². The van der Waals surface area contributed by atoms with Gasteiger partial charge < -0.3 is 5.32 Å². The number of carbonyl (C=O) groups excluding carboxylic acids is 1. The Morgan fingerprint density at radius 1 is 0.893 bits per heavy atom. The molecule has 144 valence electrons. The van der Waals surface area contributed by atoms with Crippen molar-refractivity contribution >= 4 is 21.6 Å². The summed E-state index contributed by atoms with van der Waals surface area (Å²) in [5.74, 6) is -0.282. The molecule has 3 aromatic rings. The van der Waals surface area contributed by atoms with E-state index >= 15 is 0 Å². The lowest BCUT2D eigenvalue weighted by atomic mass is 10.1. The Morgan fingerprint density at radius 3 is 2.14 bits per heavy atom. The van der Waals surface area contributed by atoms with E-state index in [-0.39, 0.29) is 17.3 Å². The Morgan fingerprint density at radius 2 is 1.50 bits per heavy atom. The van der Waals surface area contributed by atoms with E-state index in [1.54, 1.807) is 7.05 Å². The van der Waals surface area contributed by atoms with E-state index in [2.05, 4.69) is 5.32 Å². The number of hydrogen-bond acceptors (Lipinski definition) is 3. The van der Waals surface area contributed by atoms with Crippen molar-refractivity contribution in [1.29, 1.82) is 0 Å². The van der Waals surface area contributed by atoms with Crippen LogP contribution in [0.4, 0.5) is 5.69 Å². The monoisotopic (exact) mass is 394 g/mol. The molecule has 1 N–H and O–H groups in total. The molecule has 0 saturated carbocycles. The van der Waals surface area contributed by atoms with Gasteiger partial charge in [0.25, 0.3) is 5.91 Å². The molecule has 0 heterocycles. The fraction of sp³-hybridized carbons (Fsp3) is 0.136. The third kappa shape index (κ3) is 4.47. The summed E-state index contributed by atoms with van der Waals surface area (Å²) < 4.78 is 26.9. The fourth-order valence-corrected chi connectivity index (χ4v) is 3.95. The average Bonchev–Trinajstić information content (AvgIpc) is 2.70. The smallest absolute Gasteiger partial charge is 0.255 e. The maximum Gasteiger partial charge on any atom is 0.255 e. The number of anilines is 1. The highest BCUT2D eigenvalue weighted by molar-refractivity contribution is 7.89. The van der Waals surface area contributed by atoms with Gasteiger partial charge in [-0.2, -0.15) is 4.31 Å². The van der Waals surface area contributed by atoms with Crippen LogP contribution in [0.15, 0.2) is 83.8 Å². The van der Waals surface area contributed by atoms with Crippen molar-refractivity contribution in [3.05, 3.63) is 95.6 Å². The molecule has 0 aromatic heterocycles. The number of nitrogens with zero attached hydrogens (tertiary/aromatic N) is 1. The number of benzene rings is 3. The zero-order valence-electron chi connectivity index (χ0n) is 15.8. The first-order chi connectivity index (χ1) is 13.4. The zero-order valence-corrected chi connectivity index (χ0v) is 16.6. The van der Waals surface area contributed by atoms with Crippen LogP contribution in [-0.4, -0.2) is 25.7 Å². The van der Waals surface area contributed by atoms with Gasteiger partial charge >= 0.3 is 0 Å². The highest BCUT2D eigenvalue weighted by Crippen LogP contribution is 2.19. The van der Waals surface area contributed by atoms with Gasteiger partial charge in [0.1, 0.15) is 0 Å². The fourth-order valence-electron chi connectivity index (χ4n) is 2.79. The van der Waals surface area contributed by atoms with E-state index in [9.17, 15) is 13.2 Å².